The SMILES string of the molecule is CC(C)(C)OC(=O)N1CCN(C(=O)C(F)(F)F)C[C@@H]1C(=O)O. The normalized spacial score (nSPS) is 19.8. The Morgan fingerprint density at radius 1 is 1.14 bits per heavy atom. The fourth-order valence-corrected chi connectivity index (χ4v) is 1.90. The summed E-state index contributed by atoms with van der Waals surface area (Å²) >= 11 is 0. The monoisotopic (exact) mass is 326 g/mol. The zero-order chi connectivity index (χ0) is 17.3. The molecule has 1 aliphatic rings. The van der Waals surface area contributed by atoms with Crippen molar-refractivity contribution in [2.75, 3.05) is 19.6 Å². The molecule has 7 nitrogen and oxygen atoms in total. The molecule has 1 atom stereocenters. The van der Waals surface area contributed by atoms with Crippen LogP contribution in [-0.2, 0) is 14.3 Å². The Morgan fingerprint density at radius 3 is 2.09 bits per heavy atom. The van der Waals surface area contributed by atoms with Gasteiger partial charge in [0.05, 0.1) is 6.54 Å². The van der Waals surface area contributed by atoms with Crippen molar-refractivity contribution in [2.24, 2.45) is 0 Å². The largest absolute Gasteiger partial charge is 0.480 e. The Kier molecular flexibility index (Phi) is 4.93. The average Bonchev–Trinajstić information content (AvgIpc) is 2.33. The topological polar surface area (TPSA) is 87.2 Å². The highest BCUT2D eigenvalue weighted by atomic mass is 19.4. The van der Waals surface area contributed by atoms with Crippen LogP contribution in [0, 0.1) is 0 Å². The van der Waals surface area contributed by atoms with Crippen molar-refractivity contribution in [2.45, 2.75) is 38.6 Å². The van der Waals surface area contributed by atoms with Crippen molar-refractivity contribution < 1.29 is 37.4 Å². The molecule has 126 valence electrons. The van der Waals surface area contributed by atoms with Crippen molar-refractivity contribution in [3.8, 4) is 0 Å². The third-order valence-corrected chi connectivity index (χ3v) is 2.82. The van der Waals surface area contributed by atoms with E-state index in [4.69, 9.17) is 9.84 Å². The Labute approximate surface area is 124 Å². The molecule has 1 fully saturated rings. The molecule has 0 bridgehead atoms. The van der Waals surface area contributed by atoms with Gasteiger partial charge >= 0.3 is 24.1 Å². The third-order valence-electron chi connectivity index (χ3n) is 2.82. The van der Waals surface area contributed by atoms with E-state index in [1.54, 1.807) is 20.8 Å². The Morgan fingerprint density at radius 2 is 1.68 bits per heavy atom. The summed E-state index contributed by atoms with van der Waals surface area (Å²) in [6.45, 7) is 3.21. The van der Waals surface area contributed by atoms with Gasteiger partial charge in [-0.1, -0.05) is 0 Å². The predicted octanol–water partition coefficient (Wildman–Crippen LogP) is 1.08. The Bertz CT molecular complexity index is 472. The summed E-state index contributed by atoms with van der Waals surface area (Å²) in [7, 11) is 0. The number of hydrogen-bond acceptors (Lipinski definition) is 4. The number of carbonyl (C=O) groups is 3. The average molecular weight is 326 g/mol. The summed E-state index contributed by atoms with van der Waals surface area (Å²) in [5.74, 6) is -3.63. The first-order chi connectivity index (χ1) is 9.83. The smallest absolute Gasteiger partial charge is 0.471 e. The van der Waals surface area contributed by atoms with Gasteiger partial charge in [-0.15, -0.1) is 0 Å². The number of aliphatic carboxylic acids is 1. The van der Waals surface area contributed by atoms with Crippen LogP contribution < -0.4 is 0 Å². The van der Waals surface area contributed by atoms with E-state index in [9.17, 15) is 27.6 Å². The van der Waals surface area contributed by atoms with E-state index in [-0.39, 0.29) is 6.54 Å². The van der Waals surface area contributed by atoms with Gasteiger partial charge in [-0.2, -0.15) is 13.2 Å². The second-order valence-electron chi connectivity index (χ2n) is 5.78. The molecule has 1 heterocycles. The van der Waals surface area contributed by atoms with E-state index in [0.29, 0.717) is 4.90 Å². The van der Waals surface area contributed by atoms with E-state index in [2.05, 4.69) is 0 Å². The summed E-state index contributed by atoms with van der Waals surface area (Å²) in [4.78, 5) is 35.5. The number of alkyl halides is 3. The van der Waals surface area contributed by atoms with Crippen molar-refractivity contribution >= 4 is 18.0 Å². The van der Waals surface area contributed by atoms with Gasteiger partial charge in [0.25, 0.3) is 0 Å². The van der Waals surface area contributed by atoms with Crippen LogP contribution in [-0.4, -0.2) is 70.3 Å². The van der Waals surface area contributed by atoms with Crippen molar-refractivity contribution in [3.63, 3.8) is 0 Å². The number of ether oxygens (including phenoxy) is 1. The molecule has 0 spiro atoms. The lowest BCUT2D eigenvalue weighted by atomic mass is 10.1. The first kappa shape index (κ1) is 18.1. The summed E-state index contributed by atoms with van der Waals surface area (Å²) in [6, 6.07) is -1.59. The first-order valence-electron chi connectivity index (χ1n) is 6.41. The standard InChI is InChI=1S/C12H17F3N2O5/c1-11(2,3)22-10(21)17-5-4-16(6-7(17)8(18)19)9(20)12(13,14)15/h7H,4-6H2,1-3H3,(H,18,19)/t7-/m1/s1. The van der Waals surface area contributed by atoms with E-state index in [0.717, 1.165) is 4.90 Å². The molecule has 0 aliphatic carbocycles. The number of hydrogen-bond donors (Lipinski definition) is 1. The number of carboxylic acids is 1. The number of halogens is 3. The van der Waals surface area contributed by atoms with Crippen molar-refractivity contribution in [3.05, 3.63) is 0 Å². The molecule has 2 amide bonds. The lowest BCUT2D eigenvalue weighted by molar-refractivity contribution is -0.188. The fourth-order valence-electron chi connectivity index (χ4n) is 1.90. The maximum absolute atomic E-state index is 12.4. The number of amides is 2. The van der Waals surface area contributed by atoms with Gasteiger partial charge < -0.3 is 14.7 Å². The van der Waals surface area contributed by atoms with Gasteiger partial charge in [-0.25, -0.2) is 9.59 Å². The van der Waals surface area contributed by atoms with Crippen LogP contribution in [0.4, 0.5) is 18.0 Å². The second-order valence-corrected chi connectivity index (χ2v) is 5.78. The molecule has 0 aromatic heterocycles. The molecule has 1 saturated heterocycles. The number of nitrogens with zero attached hydrogens (tertiary/aromatic N) is 2. The van der Waals surface area contributed by atoms with Gasteiger partial charge in [-0.3, -0.25) is 9.69 Å². The Balaban J connectivity index is 2.87. The number of piperazine rings is 1. The lowest BCUT2D eigenvalue weighted by Gasteiger charge is -2.39. The predicted molar refractivity (Wildman–Crippen MR) is 67.0 cm³/mol. The molecule has 10 heteroatoms. The fraction of sp³-hybridized carbons (Fsp3) is 0.750. The van der Waals surface area contributed by atoms with Crippen LogP contribution in [0.1, 0.15) is 20.8 Å². The minimum absolute atomic E-state index is 0.353. The first-order valence-corrected chi connectivity index (χ1v) is 6.41. The summed E-state index contributed by atoms with van der Waals surface area (Å²) in [5.41, 5.74) is -0.876. The van der Waals surface area contributed by atoms with Crippen LogP contribution in [0.3, 0.4) is 0 Å². The van der Waals surface area contributed by atoms with Gasteiger partial charge in [-0.05, 0) is 20.8 Å². The zero-order valence-electron chi connectivity index (χ0n) is 12.3. The van der Waals surface area contributed by atoms with E-state index >= 15 is 0 Å². The highest BCUT2D eigenvalue weighted by Crippen LogP contribution is 2.22. The van der Waals surface area contributed by atoms with Crippen LogP contribution in [0.15, 0.2) is 0 Å². The molecule has 22 heavy (non-hydrogen) atoms. The molecule has 0 aromatic rings. The van der Waals surface area contributed by atoms with Crippen molar-refractivity contribution in [1.82, 2.24) is 9.80 Å². The minimum atomic E-state index is -5.09. The molecular weight excluding hydrogens is 309 g/mol. The van der Waals surface area contributed by atoms with Gasteiger partial charge in [0.2, 0.25) is 0 Å². The summed E-state index contributed by atoms with van der Waals surface area (Å²) in [6.07, 6.45) is -6.03. The molecule has 0 aromatic carbocycles. The Hall–Kier alpha value is -2.00. The van der Waals surface area contributed by atoms with Crippen LogP contribution >= 0.6 is 0 Å². The second kappa shape index (κ2) is 6.01. The van der Waals surface area contributed by atoms with Crippen LogP contribution in [0.5, 0.6) is 0 Å². The van der Waals surface area contributed by atoms with Gasteiger partial charge in [0.1, 0.15) is 11.6 Å². The maximum atomic E-state index is 12.4. The van der Waals surface area contributed by atoms with E-state index in [1.807, 2.05) is 0 Å². The highest BCUT2D eigenvalue weighted by Gasteiger charge is 2.47. The van der Waals surface area contributed by atoms with E-state index < -0.39 is 48.9 Å². The highest BCUT2D eigenvalue weighted by molar-refractivity contribution is 5.85. The third kappa shape index (κ3) is 4.50. The molecule has 0 radical (unpaired) electrons. The van der Waals surface area contributed by atoms with Crippen LogP contribution in [0.25, 0.3) is 0 Å². The zero-order valence-corrected chi connectivity index (χ0v) is 12.3. The lowest BCUT2D eigenvalue weighted by Crippen LogP contribution is -2.61. The number of carbonyl (C=O) groups excluding carboxylic acids is 2. The van der Waals surface area contributed by atoms with Gasteiger partial charge in [0.15, 0.2) is 0 Å². The molecule has 0 unspecified atom stereocenters. The van der Waals surface area contributed by atoms with Crippen molar-refractivity contribution in [1.29, 1.82) is 0 Å². The quantitative estimate of drug-likeness (QED) is 0.779. The molecular formula is C12H17F3N2O5. The summed E-state index contributed by atoms with van der Waals surface area (Å²) < 4.78 is 42.2. The minimum Gasteiger partial charge on any atom is -0.480 e. The van der Waals surface area contributed by atoms with Crippen LogP contribution in [0.2, 0.25) is 0 Å². The van der Waals surface area contributed by atoms with E-state index in [1.165, 1.54) is 0 Å². The molecule has 1 N–H and O–H groups in total. The molecule has 1 rings (SSSR count). The maximum Gasteiger partial charge on any atom is 0.471 e. The van der Waals surface area contributed by atoms with Gasteiger partial charge in [0, 0.05) is 13.1 Å². The number of rotatable bonds is 1. The number of carboxylic acid groups (broad SMARTS) is 1. The summed E-state index contributed by atoms with van der Waals surface area (Å²) in [5, 5.41) is 9.09. The molecule has 1 aliphatic heterocycles. The molecule has 0 saturated carbocycles.